The van der Waals surface area contributed by atoms with Gasteiger partial charge in [-0.1, -0.05) is 157 Å². The summed E-state index contributed by atoms with van der Waals surface area (Å²) in [6.45, 7) is 2.05. The van der Waals surface area contributed by atoms with Gasteiger partial charge in [-0.3, -0.25) is 4.57 Å². The summed E-state index contributed by atoms with van der Waals surface area (Å²) in [5, 5.41) is 2.00. The van der Waals surface area contributed by atoms with Crippen LogP contribution in [-0.4, -0.2) is 14.1 Å². The Morgan fingerprint density at radius 1 is 0.590 bits per heavy atom. The molecule has 0 spiro atoms. The van der Waals surface area contributed by atoms with Crippen molar-refractivity contribution in [2.75, 3.05) is 0 Å². The average molecular weight is 974 g/mol. The van der Waals surface area contributed by atoms with Gasteiger partial charge in [0.05, 0.1) is 30.4 Å². The maximum absolute atomic E-state index is 9.00. The number of aromatic nitrogens is 4. The quantitative estimate of drug-likeness (QED) is 0.112. The van der Waals surface area contributed by atoms with Gasteiger partial charge in [0.1, 0.15) is 5.82 Å². The number of hydrogen-bond donors (Lipinski definition) is 0. The summed E-state index contributed by atoms with van der Waals surface area (Å²) < 4.78 is 98.8. The third-order valence-corrected chi connectivity index (χ3v) is 10.5. The number of pyridine rings is 1. The number of para-hydroxylation sites is 4. The van der Waals surface area contributed by atoms with Crippen LogP contribution in [0, 0.1) is 25.4 Å². The second-order valence-electron chi connectivity index (χ2n) is 14.1. The van der Waals surface area contributed by atoms with E-state index in [0.29, 0.717) is 28.2 Å². The van der Waals surface area contributed by atoms with Crippen LogP contribution in [-0.2, 0) is 21.1 Å². The Balaban J connectivity index is 0.00000582. The van der Waals surface area contributed by atoms with Crippen LogP contribution >= 0.6 is 0 Å². The van der Waals surface area contributed by atoms with Crippen molar-refractivity contribution in [2.24, 2.45) is 0 Å². The summed E-state index contributed by atoms with van der Waals surface area (Å²) in [5.74, 6) is 1.50. The first kappa shape index (κ1) is 28.2. The molecule has 0 radical (unpaired) electrons. The molecular weight excluding hydrogens is 928 g/mol. The molecule has 3 heterocycles. The van der Waals surface area contributed by atoms with Crippen molar-refractivity contribution in [3.63, 3.8) is 0 Å². The van der Waals surface area contributed by atoms with Crippen LogP contribution in [0.4, 0.5) is 0 Å². The number of rotatable bonds is 8. The van der Waals surface area contributed by atoms with Crippen LogP contribution in [0.3, 0.4) is 0 Å². The number of aryl methyl sites for hydroxylation is 1. The Bertz CT molecular complexity index is 3820. The third kappa shape index (κ3) is 6.83. The van der Waals surface area contributed by atoms with Crippen molar-refractivity contribution in [1.82, 2.24) is 14.1 Å². The van der Waals surface area contributed by atoms with Crippen molar-refractivity contribution in [1.29, 1.82) is 0 Å². The fourth-order valence-electron chi connectivity index (χ4n) is 7.84. The fraction of sp³-hybridized carbons (Fsp3) is 0.0182. The molecule has 0 unspecified atom stereocenters. The van der Waals surface area contributed by atoms with Crippen molar-refractivity contribution >= 4 is 32.8 Å². The Kier molecular flexibility index (Phi) is 7.41. The number of nitrogens with zero attached hydrogens (tertiary/aromatic N) is 4. The SMILES string of the molecule is [2H]c1c([2H])c([2H])c(-c2cccc(-c3c([2H])c([2H])c([2H])c([2H])c3[2H])c2-[n+]2[c-]n(-c3[c-]c(Oc4[c-]c5c(cc4)c4ccccc4n5-c4cc(-c5ccccc5)c(C)cn4)ccc3)c3ccccc32)c([2H])c1[2H].[Pt]. The van der Waals surface area contributed by atoms with Gasteiger partial charge in [-0.2, -0.15) is 18.2 Å². The Hall–Kier alpha value is -7.33. The Labute approximate surface area is 382 Å². The molecule has 0 aliphatic rings. The molecule has 0 saturated carbocycles. The molecule has 0 bridgehead atoms. The van der Waals surface area contributed by atoms with Gasteiger partial charge in [-0.15, -0.1) is 29.7 Å². The molecule has 11 rings (SSSR count). The van der Waals surface area contributed by atoms with E-state index in [-0.39, 0.29) is 49.0 Å². The molecule has 3 aromatic heterocycles. The van der Waals surface area contributed by atoms with Gasteiger partial charge in [0.2, 0.25) is 0 Å². The van der Waals surface area contributed by atoms with E-state index in [2.05, 4.69) is 53.4 Å². The number of fused-ring (bicyclic) bond motifs is 4. The van der Waals surface area contributed by atoms with Crippen LogP contribution in [0.5, 0.6) is 11.5 Å². The van der Waals surface area contributed by atoms with E-state index in [4.69, 9.17) is 23.4 Å². The topological polar surface area (TPSA) is 35.9 Å². The molecule has 5 nitrogen and oxygen atoms in total. The summed E-state index contributed by atoms with van der Waals surface area (Å²) in [4.78, 5) is 4.90. The van der Waals surface area contributed by atoms with Crippen molar-refractivity contribution in [2.45, 2.75) is 6.92 Å². The summed E-state index contributed by atoms with van der Waals surface area (Å²) in [5.41, 5.74) is 6.72. The van der Waals surface area contributed by atoms with Gasteiger partial charge < -0.3 is 13.9 Å². The zero-order valence-corrected chi connectivity index (χ0v) is 34.6. The van der Waals surface area contributed by atoms with Gasteiger partial charge in [0.15, 0.2) is 0 Å². The second kappa shape index (κ2) is 16.0. The largest absolute Gasteiger partial charge is 0.510 e. The molecule has 294 valence electrons. The minimum Gasteiger partial charge on any atom is -0.510 e. The van der Waals surface area contributed by atoms with E-state index < -0.39 is 60.4 Å². The van der Waals surface area contributed by atoms with Crippen LogP contribution in [0.1, 0.15) is 19.3 Å². The summed E-state index contributed by atoms with van der Waals surface area (Å²) in [6.07, 6.45) is 5.28. The van der Waals surface area contributed by atoms with Gasteiger partial charge >= 0.3 is 0 Å². The molecule has 0 aliphatic heterocycles. The number of imidazole rings is 1. The third-order valence-electron chi connectivity index (χ3n) is 10.5. The summed E-state index contributed by atoms with van der Waals surface area (Å²) in [6, 6.07) is 43.4. The summed E-state index contributed by atoms with van der Waals surface area (Å²) >= 11 is 0. The van der Waals surface area contributed by atoms with Gasteiger partial charge in [-0.05, 0) is 69.1 Å². The molecule has 0 aliphatic carbocycles. The smallest absolute Gasteiger partial charge is 0.268 e. The molecule has 61 heavy (non-hydrogen) atoms. The van der Waals surface area contributed by atoms with E-state index in [1.807, 2.05) is 85.9 Å². The monoisotopic (exact) mass is 973 g/mol. The molecule has 11 aromatic rings. The molecule has 0 atom stereocenters. The van der Waals surface area contributed by atoms with E-state index in [9.17, 15) is 0 Å². The van der Waals surface area contributed by atoms with Crippen molar-refractivity contribution < 1.29 is 44.1 Å². The standard InChI is InChI=1S/C55H36N4O.Pt/c1-38-36-56-54(35-49(38)41-21-9-4-10-22-41)59-50-28-12-11-25-47(50)48-32-31-44(34-53(48)59)60-43-24-15-23-42(33-43)57-37-58(52-30-14-13-29-51(52)57)55-45(39-17-5-2-6-18-39)26-16-27-46(55)40-19-7-3-8-20-40;/h2-32,35-36H,1H3;/q-2;/i2D,3D,5D,6D,7D,8D,17D,18D,19D,20D;. The maximum Gasteiger partial charge on any atom is 0.268 e. The first-order chi connectivity index (χ1) is 33.8. The maximum atomic E-state index is 9.00. The zero-order valence-electron chi connectivity index (χ0n) is 42.3. The normalized spacial score (nSPS) is 13.5. The van der Waals surface area contributed by atoms with Gasteiger partial charge in [-0.25, -0.2) is 4.98 Å². The second-order valence-corrected chi connectivity index (χ2v) is 14.1. The predicted octanol–water partition coefficient (Wildman–Crippen LogP) is 12.9. The van der Waals surface area contributed by atoms with Gasteiger partial charge in [0, 0.05) is 44.3 Å². The molecule has 0 saturated heterocycles. The molecule has 6 heteroatoms. The van der Waals surface area contributed by atoms with Crippen molar-refractivity contribution in [3.8, 4) is 62.1 Å². The zero-order chi connectivity index (χ0) is 48.7. The van der Waals surface area contributed by atoms with Crippen molar-refractivity contribution in [3.05, 3.63) is 224 Å². The molecule has 8 aromatic carbocycles. The van der Waals surface area contributed by atoms with Crippen LogP contribution in [0.15, 0.2) is 200 Å². The van der Waals surface area contributed by atoms with Gasteiger partial charge in [0.25, 0.3) is 6.33 Å². The molecule has 0 fully saturated rings. The average Bonchev–Trinajstić information content (AvgIpc) is 3.93. The molecule has 0 N–H and O–H groups in total. The minimum absolute atomic E-state index is 0. The number of benzene rings is 8. The predicted molar refractivity (Wildman–Crippen MR) is 241 cm³/mol. The number of hydrogen-bond acceptors (Lipinski definition) is 2. The Morgan fingerprint density at radius 2 is 1.25 bits per heavy atom. The van der Waals surface area contributed by atoms with E-state index in [1.54, 1.807) is 39.5 Å². The van der Waals surface area contributed by atoms with Crippen LogP contribution in [0.25, 0.3) is 83.4 Å². The molecule has 0 amide bonds. The summed E-state index contributed by atoms with van der Waals surface area (Å²) in [7, 11) is 0. The van der Waals surface area contributed by atoms with E-state index in [0.717, 1.165) is 44.3 Å². The fourth-order valence-corrected chi connectivity index (χ4v) is 7.84. The Morgan fingerprint density at radius 3 is 2.00 bits per heavy atom. The van der Waals surface area contributed by atoms with E-state index >= 15 is 0 Å². The van der Waals surface area contributed by atoms with E-state index in [1.165, 1.54) is 0 Å². The first-order valence-corrected chi connectivity index (χ1v) is 19.2. The number of ether oxygens (including phenoxy) is 1. The first-order valence-electron chi connectivity index (χ1n) is 24.2. The van der Waals surface area contributed by atoms with Crippen LogP contribution < -0.4 is 9.30 Å². The minimum atomic E-state index is -0.573. The van der Waals surface area contributed by atoms with Crippen LogP contribution in [0.2, 0.25) is 0 Å². The molecular formula is C55H36N4OPt-2.